The number of piperazine rings is 2. The van der Waals surface area contributed by atoms with E-state index in [-0.39, 0.29) is 12.1 Å². The van der Waals surface area contributed by atoms with Gasteiger partial charge in [-0.2, -0.15) is 0 Å². The number of hydrogen-bond donors (Lipinski definition) is 4. The van der Waals surface area contributed by atoms with Gasteiger partial charge in [0.1, 0.15) is 0 Å². The molecule has 0 unspecified atom stereocenters. The second-order valence-electron chi connectivity index (χ2n) is 8.96. The largest absolute Gasteiger partial charge is 0.341 e. The number of carbonyl (C=O) groups excluding carboxylic acids is 4. The second kappa shape index (κ2) is 18.8. The fraction of sp³-hybridized carbons (Fsp3) is 0.429. The minimum Gasteiger partial charge on any atom is -0.341 e. The number of urea groups is 2. The van der Waals surface area contributed by atoms with Gasteiger partial charge in [0.05, 0.1) is 13.1 Å². The van der Waals surface area contributed by atoms with Crippen molar-refractivity contribution in [1.82, 2.24) is 25.8 Å². The lowest BCUT2D eigenvalue weighted by atomic mass is 10.1. The highest BCUT2D eigenvalue weighted by Crippen LogP contribution is 2.12. The molecule has 0 aromatic heterocycles. The summed E-state index contributed by atoms with van der Waals surface area (Å²) in [6, 6.07) is 14.8. The number of nitrogens with zero attached hydrogens (tertiary/aromatic N) is 4. The Hall–Kier alpha value is -4.34. The third-order valence-corrected chi connectivity index (χ3v) is 5.94. The van der Waals surface area contributed by atoms with Gasteiger partial charge in [0, 0.05) is 65.1 Å². The molecule has 2 saturated heterocycles. The van der Waals surface area contributed by atoms with Gasteiger partial charge in [-0.1, -0.05) is 36.4 Å². The standard InChI is InChI=1S/C14H20N4O2.C10H8N2O2.C4H10N2/c1-11-4-3-5-12(10-11)16-14(20)18-8-6-17(7-9-18)13(19)15-2;13-7-11-5-9-2-1-3-10(4-9)6-12-8-14;1-2-6-4-3-5-1/h3-5,10H,6-9H2,1-2H3,(H,15,19)(H,16,20);1-4H,5-6H2;5-6H,1-4H2. The summed E-state index contributed by atoms with van der Waals surface area (Å²) in [5.74, 6) is 0. The molecule has 12 heteroatoms. The third-order valence-electron chi connectivity index (χ3n) is 5.94. The Morgan fingerprint density at radius 1 is 0.800 bits per heavy atom. The van der Waals surface area contributed by atoms with Gasteiger partial charge in [-0.15, -0.1) is 0 Å². The average Bonchev–Trinajstić information content (AvgIpc) is 3.00. The van der Waals surface area contributed by atoms with E-state index in [0.29, 0.717) is 39.3 Å². The summed E-state index contributed by atoms with van der Waals surface area (Å²) in [6.45, 7) is 9.36. The van der Waals surface area contributed by atoms with Crippen LogP contribution in [-0.2, 0) is 22.7 Å². The highest BCUT2D eigenvalue weighted by Gasteiger charge is 2.23. The van der Waals surface area contributed by atoms with Crippen molar-refractivity contribution in [1.29, 1.82) is 0 Å². The molecular formula is C28H38N8O4. The molecule has 0 spiro atoms. The molecule has 4 rings (SSSR count). The lowest BCUT2D eigenvalue weighted by Crippen LogP contribution is -2.53. The number of nitrogens with one attached hydrogen (secondary N) is 4. The molecule has 0 bridgehead atoms. The monoisotopic (exact) mass is 550 g/mol. The van der Waals surface area contributed by atoms with E-state index in [1.807, 2.05) is 55.5 Å². The first kappa shape index (κ1) is 31.9. The van der Waals surface area contributed by atoms with Crippen molar-refractivity contribution in [3.05, 3.63) is 65.2 Å². The van der Waals surface area contributed by atoms with Crippen LogP contribution in [0.2, 0.25) is 0 Å². The molecule has 0 saturated carbocycles. The summed E-state index contributed by atoms with van der Waals surface area (Å²) in [5.41, 5.74) is 3.69. The fourth-order valence-corrected chi connectivity index (χ4v) is 3.87. The number of hydrogen-bond acceptors (Lipinski definition) is 8. The first-order chi connectivity index (χ1) is 19.5. The molecule has 2 aromatic rings. The van der Waals surface area contributed by atoms with Crippen LogP contribution in [0.5, 0.6) is 0 Å². The van der Waals surface area contributed by atoms with Crippen LogP contribution in [0.4, 0.5) is 15.3 Å². The van der Waals surface area contributed by atoms with Crippen molar-refractivity contribution in [3.8, 4) is 0 Å². The Kier molecular flexibility index (Phi) is 15.0. The second-order valence-corrected chi connectivity index (χ2v) is 8.96. The van der Waals surface area contributed by atoms with Crippen LogP contribution in [0.1, 0.15) is 16.7 Å². The Morgan fingerprint density at radius 2 is 1.30 bits per heavy atom. The molecule has 40 heavy (non-hydrogen) atoms. The Labute approximate surface area is 234 Å². The van der Waals surface area contributed by atoms with Gasteiger partial charge in [0.2, 0.25) is 12.2 Å². The summed E-state index contributed by atoms with van der Waals surface area (Å²) in [5, 5.41) is 11.9. The number of rotatable bonds is 5. The maximum absolute atomic E-state index is 12.1. The normalized spacial score (nSPS) is 14.1. The van der Waals surface area contributed by atoms with Crippen LogP contribution in [0.3, 0.4) is 0 Å². The predicted octanol–water partition coefficient (Wildman–Crippen LogP) is 2.02. The van der Waals surface area contributed by atoms with Crippen LogP contribution in [-0.4, -0.2) is 93.4 Å². The summed E-state index contributed by atoms with van der Waals surface area (Å²) in [7, 11) is 1.61. The quantitative estimate of drug-likeness (QED) is 0.331. The molecule has 214 valence electrons. The number of benzene rings is 2. The summed E-state index contributed by atoms with van der Waals surface area (Å²) in [4.78, 5) is 53.7. The van der Waals surface area contributed by atoms with Crippen molar-refractivity contribution in [2.45, 2.75) is 20.0 Å². The van der Waals surface area contributed by atoms with Crippen LogP contribution in [0.25, 0.3) is 0 Å². The SMILES string of the molecule is C1CNCCN1.CNC(=O)N1CCN(C(=O)Nc2cccc(C)c2)CC1.O=C=NCc1cccc(CN=C=O)c1. The van der Waals surface area contributed by atoms with Crippen molar-refractivity contribution in [2.75, 3.05) is 64.7 Å². The van der Waals surface area contributed by atoms with E-state index in [1.165, 1.54) is 12.2 Å². The van der Waals surface area contributed by atoms with Gasteiger partial charge in [-0.3, -0.25) is 0 Å². The zero-order valence-electron chi connectivity index (χ0n) is 23.1. The van der Waals surface area contributed by atoms with E-state index in [4.69, 9.17) is 0 Å². The van der Waals surface area contributed by atoms with Gasteiger partial charge >= 0.3 is 12.1 Å². The molecule has 12 nitrogen and oxygen atoms in total. The summed E-state index contributed by atoms with van der Waals surface area (Å²) in [6.07, 6.45) is 2.94. The first-order valence-electron chi connectivity index (χ1n) is 13.1. The molecule has 0 atom stereocenters. The number of aliphatic imine (C=N–C) groups is 2. The number of carbonyl (C=O) groups is 2. The minimum atomic E-state index is -0.118. The maximum atomic E-state index is 12.1. The van der Waals surface area contributed by atoms with E-state index in [2.05, 4.69) is 31.3 Å². The van der Waals surface area contributed by atoms with E-state index >= 15 is 0 Å². The van der Waals surface area contributed by atoms with E-state index < -0.39 is 0 Å². The summed E-state index contributed by atoms with van der Waals surface area (Å²) < 4.78 is 0. The van der Waals surface area contributed by atoms with Gasteiger partial charge in [0.25, 0.3) is 0 Å². The molecule has 2 aromatic carbocycles. The van der Waals surface area contributed by atoms with Crippen LogP contribution >= 0.6 is 0 Å². The number of aryl methyl sites for hydroxylation is 1. The predicted molar refractivity (Wildman–Crippen MR) is 154 cm³/mol. The fourth-order valence-electron chi connectivity index (χ4n) is 3.87. The first-order valence-corrected chi connectivity index (χ1v) is 13.1. The smallest absolute Gasteiger partial charge is 0.321 e. The Balaban J connectivity index is 0.000000241. The highest BCUT2D eigenvalue weighted by atomic mass is 16.2. The molecule has 4 amide bonds. The van der Waals surface area contributed by atoms with Crippen molar-refractivity contribution in [3.63, 3.8) is 0 Å². The molecule has 2 fully saturated rings. The van der Waals surface area contributed by atoms with Crippen molar-refractivity contribution in [2.24, 2.45) is 9.98 Å². The van der Waals surface area contributed by atoms with Gasteiger partial charge in [-0.05, 0) is 35.7 Å². The zero-order valence-corrected chi connectivity index (χ0v) is 23.1. The minimum absolute atomic E-state index is 0.0938. The number of amides is 4. The number of isocyanates is 2. The lowest BCUT2D eigenvalue weighted by Gasteiger charge is -2.34. The van der Waals surface area contributed by atoms with Gasteiger partial charge in [0.15, 0.2) is 0 Å². The number of anilines is 1. The van der Waals surface area contributed by atoms with Crippen molar-refractivity contribution >= 4 is 29.9 Å². The molecule has 0 aliphatic carbocycles. The third kappa shape index (κ3) is 12.5. The maximum Gasteiger partial charge on any atom is 0.321 e. The highest BCUT2D eigenvalue weighted by molar-refractivity contribution is 5.89. The molecule has 2 heterocycles. The summed E-state index contributed by atoms with van der Waals surface area (Å²) >= 11 is 0. The zero-order chi connectivity index (χ0) is 29.0. The van der Waals surface area contributed by atoms with E-state index in [9.17, 15) is 19.2 Å². The molecule has 2 aliphatic heterocycles. The van der Waals surface area contributed by atoms with E-state index in [0.717, 1.165) is 48.6 Å². The van der Waals surface area contributed by atoms with Gasteiger partial charge in [-0.25, -0.2) is 29.2 Å². The average molecular weight is 551 g/mol. The molecule has 4 N–H and O–H groups in total. The lowest BCUT2D eigenvalue weighted by molar-refractivity contribution is 0.150. The van der Waals surface area contributed by atoms with Crippen molar-refractivity contribution < 1.29 is 19.2 Å². The van der Waals surface area contributed by atoms with E-state index in [1.54, 1.807) is 16.8 Å². The van der Waals surface area contributed by atoms with Crippen LogP contribution in [0, 0.1) is 6.92 Å². The van der Waals surface area contributed by atoms with Crippen LogP contribution in [0.15, 0.2) is 58.5 Å². The Bertz CT molecular complexity index is 1120. The van der Waals surface area contributed by atoms with Crippen LogP contribution < -0.4 is 21.3 Å². The Morgan fingerprint density at radius 3 is 1.75 bits per heavy atom. The van der Waals surface area contributed by atoms with Gasteiger partial charge < -0.3 is 31.1 Å². The molecule has 0 radical (unpaired) electrons. The topological polar surface area (TPSA) is 148 Å². The molecular weight excluding hydrogens is 512 g/mol. The molecule has 2 aliphatic rings.